The molecule has 0 saturated carbocycles. The topological polar surface area (TPSA) is 187 Å². The second-order valence-corrected chi connectivity index (χ2v) is 8.96. The normalized spacial score (nSPS) is 14.3. The molecule has 226 valence electrons. The largest absolute Gasteiger partial charge is 0.494 e. The van der Waals surface area contributed by atoms with E-state index in [1.54, 1.807) is 24.3 Å². The van der Waals surface area contributed by atoms with Gasteiger partial charge >= 0.3 is 0 Å². The lowest BCUT2D eigenvalue weighted by Crippen LogP contribution is -2.41. The number of carbonyl (C=O) groups excluding carboxylic acids is 2. The molecule has 41 heavy (non-hydrogen) atoms. The number of primary amides is 2. The van der Waals surface area contributed by atoms with Gasteiger partial charge in [0.25, 0.3) is 5.91 Å². The molecule has 10 N–H and O–H groups in total. The number of carbonyl (C=O) groups is 2. The minimum absolute atomic E-state index is 0.152. The van der Waals surface area contributed by atoms with E-state index in [0.29, 0.717) is 18.1 Å². The van der Waals surface area contributed by atoms with Crippen LogP contribution in [0.5, 0.6) is 5.75 Å². The van der Waals surface area contributed by atoms with Crippen LogP contribution in [0.15, 0.2) is 65.0 Å². The van der Waals surface area contributed by atoms with Crippen molar-refractivity contribution in [3.05, 3.63) is 71.2 Å². The van der Waals surface area contributed by atoms with Gasteiger partial charge in [-0.3, -0.25) is 9.59 Å². The minimum Gasteiger partial charge on any atom is -0.494 e. The second-order valence-electron chi connectivity index (χ2n) is 8.96. The van der Waals surface area contributed by atoms with Crippen molar-refractivity contribution in [1.29, 1.82) is 0 Å². The van der Waals surface area contributed by atoms with Crippen LogP contribution in [0.25, 0.3) is 0 Å². The Morgan fingerprint density at radius 1 is 0.927 bits per heavy atom. The molecule has 1 fully saturated rings. The Balaban J connectivity index is 0.000000500. The molecule has 0 aromatic heterocycles. The maximum atomic E-state index is 11.6. The van der Waals surface area contributed by atoms with Gasteiger partial charge in [0.05, 0.1) is 6.61 Å². The number of guanidine groups is 1. The van der Waals surface area contributed by atoms with Crippen LogP contribution < -0.4 is 38.3 Å². The van der Waals surface area contributed by atoms with Crippen molar-refractivity contribution >= 4 is 23.5 Å². The summed E-state index contributed by atoms with van der Waals surface area (Å²) >= 11 is 0. The third-order valence-corrected chi connectivity index (χ3v) is 6.21. The Bertz CT molecular complexity index is 1120. The fraction of sp³-hybridized carbons (Fsp3) is 0.433. The van der Waals surface area contributed by atoms with Gasteiger partial charge in [-0.2, -0.15) is 4.99 Å². The number of piperidine rings is 1. The predicted octanol–water partition coefficient (Wildman–Crippen LogP) is 3.39. The predicted molar refractivity (Wildman–Crippen MR) is 167 cm³/mol. The van der Waals surface area contributed by atoms with E-state index < -0.39 is 11.8 Å². The van der Waals surface area contributed by atoms with Gasteiger partial charge in [0.2, 0.25) is 5.91 Å². The summed E-state index contributed by atoms with van der Waals surface area (Å²) in [6.07, 6.45) is 4.31. The van der Waals surface area contributed by atoms with E-state index in [-0.39, 0.29) is 17.6 Å². The summed E-state index contributed by atoms with van der Waals surface area (Å²) in [5, 5.41) is 6.34. The fourth-order valence-corrected chi connectivity index (χ4v) is 4.00. The van der Waals surface area contributed by atoms with E-state index in [1.165, 1.54) is 12.0 Å². The van der Waals surface area contributed by atoms with Crippen LogP contribution in [0.2, 0.25) is 0 Å². The van der Waals surface area contributed by atoms with Crippen molar-refractivity contribution < 1.29 is 14.3 Å². The lowest BCUT2D eigenvalue weighted by Gasteiger charge is -2.27. The summed E-state index contributed by atoms with van der Waals surface area (Å²) in [6, 6.07) is 14.9. The van der Waals surface area contributed by atoms with Gasteiger partial charge in [0, 0.05) is 30.4 Å². The van der Waals surface area contributed by atoms with E-state index >= 15 is 0 Å². The summed E-state index contributed by atoms with van der Waals surface area (Å²) in [4.78, 5) is 28.6. The zero-order valence-electron chi connectivity index (χ0n) is 25.1. The quantitative estimate of drug-likeness (QED) is 0.143. The number of hydrogen-bond donors (Lipinski definition) is 6. The third kappa shape index (κ3) is 11.8. The van der Waals surface area contributed by atoms with Gasteiger partial charge in [-0.25, -0.2) is 0 Å². The summed E-state index contributed by atoms with van der Waals surface area (Å²) in [7, 11) is 1.94. The van der Waals surface area contributed by atoms with Crippen LogP contribution in [0.1, 0.15) is 75.3 Å². The van der Waals surface area contributed by atoms with E-state index in [2.05, 4.69) is 22.5 Å². The first-order chi connectivity index (χ1) is 19.7. The number of nitrogens with zero attached hydrogens (tertiary/aromatic N) is 2. The van der Waals surface area contributed by atoms with Crippen LogP contribution in [0.3, 0.4) is 0 Å². The molecule has 0 spiro atoms. The molecule has 2 aromatic rings. The number of anilines is 1. The molecular formula is C30H48N8O3. The van der Waals surface area contributed by atoms with Gasteiger partial charge in [-0.05, 0) is 81.6 Å². The highest BCUT2D eigenvalue weighted by atomic mass is 16.5. The Kier molecular flexibility index (Phi) is 16.1. The Morgan fingerprint density at radius 3 is 1.98 bits per heavy atom. The number of amides is 2. The van der Waals surface area contributed by atoms with Crippen molar-refractivity contribution in [2.45, 2.75) is 59.4 Å². The molecule has 11 nitrogen and oxygen atoms in total. The molecule has 2 amide bonds. The van der Waals surface area contributed by atoms with E-state index in [0.717, 1.165) is 43.8 Å². The number of benzene rings is 2. The molecule has 3 rings (SSSR count). The van der Waals surface area contributed by atoms with Crippen molar-refractivity contribution in [2.24, 2.45) is 27.9 Å². The lowest BCUT2D eigenvalue weighted by molar-refractivity contribution is -0.114. The summed E-state index contributed by atoms with van der Waals surface area (Å²) in [6.45, 7) is 10.3. The average Bonchev–Trinajstić information content (AvgIpc) is 3.00. The number of nitrogens with one attached hydrogen (secondary N) is 2. The molecule has 1 atom stereocenters. The van der Waals surface area contributed by atoms with Gasteiger partial charge in [0.15, 0.2) is 11.8 Å². The zero-order valence-corrected chi connectivity index (χ0v) is 25.1. The van der Waals surface area contributed by atoms with Gasteiger partial charge < -0.3 is 43.2 Å². The van der Waals surface area contributed by atoms with Crippen molar-refractivity contribution in [3.8, 4) is 5.75 Å². The lowest BCUT2D eigenvalue weighted by atomic mass is 10.0. The molecule has 2 aromatic carbocycles. The molecule has 1 unspecified atom stereocenters. The van der Waals surface area contributed by atoms with Crippen LogP contribution in [-0.2, 0) is 4.79 Å². The number of nitrogens with two attached hydrogens (primary N) is 4. The van der Waals surface area contributed by atoms with Gasteiger partial charge in [-0.1, -0.05) is 32.9 Å². The Hall–Kier alpha value is -4.25. The van der Waals surface area contributed by atoms with E-state index in [4.69, 9.17) is 27.7 Å². The standard InChI is InChI=1S/C19H31N7O.C9H11NO2.C2H6/c1-3-15(23-2)13-7-9-14(10-8-13)24-18(16(20)17(21)27)25-19(22)26-11-5-4-6-12-26;1-2-12-8-5-3-7(4-6-8)9(10)11;1-2/h7-10,15,23-24H,3-6,11-12,20H2,1-2H3,(H2,21,27)(H2,22,25);3-6H,2H2,1H3,(H2,10,11);1-2H3/b18-16-;;. The Labute approximate surface area is 244 Å². The maximum Gasteiger partial charge on any atom is 0.268 e. The fourth-order valence-electron chi connectivity index (χ4n) is 4.00. The molecule has 1 aliphatic heterocycles. The molecular weight excluding hydrogens is 520 g/mol. The number of rotatable bonds is 10. The first-order valence-corrected chi connectivity index (χ1v) is 14.2. The van der Waals surface area contributed by atoms with Gasteiger partial charge in [0.1, 0.15) is 11.4 Å². The first kappa shape index (κ1) is 34.8. The highest BCUT2D eigenvalue weighted by Gasteiger charge is 2.15. The molecule has 11 heteroatoms. The number of ether oxygens (including phenoxy) is 1. The summed E-state index contributed by atoms with van der Waals surface area (Å²) in [5.41, 5.74) is 24.7. The SMILES string of the molecule is CC.CCC(NC)c1ccc(NC(/N=C(\N)N2CCCCC2)=C(/N)C(N)=O)cc1.CCOc1ccc(C(N)=O)cc1. The molecule has 0 radical (unpaired) electrons. The van der Waals surface area contributed by atoms with E-state index in [1.807, 2.05) is 57.0 Å². The van der Waals surface area contributed by atoms with Crippen LogP contribution in [0, 0.1) is 0 Å². The average molecular weight is 569 g/mol. The highest BCUT2D eigenvalue weighted by molar-refractivity contribution is 5.93. The summed E-state index contributed by atoms with van der Waals surface area (Å²) < 4.78 is 5.19. The zero-order chi connectivity index (χ0) is 30.8. The maximum absolute atomic E-state index is 11.6. The summed E-state index contributed by atoms with van der Waals surface area (Å²) in [5.74, 6) is 0.0873. The first-order valence-electron chi connectivity index (χ1n) is 14.2. The highest BCUT2D eigenvalue weighted by Crippen LogP contribution is 2.20. The minimum atomic E-state index is -0.745. The van der Waals surface area contributed by atoms with Gasteiger partial charge in [-0.15, -0.1) is 0 Å². The van der Waals surface area contributed by atoms with E-state index in [9.17, 15) is 9.59 Å². The molecule has 0 aliphatic carbocycles. The molecule has 1 heterocycles. The van der Waals surface area contributed by atoms with Crippen molar-refractivity contribution in [2.75, 3.05) is 32.1 Å². The third-order valence-electron chi connectivity index (χ3n) is 6.21. The number of aliphatic imine (C=N–C) groups is 1. The molecule has 0 bridgehead atoms. The van der Waals surface area contributed by atoms with Crippen molar-refractivity contribution in [1.82, 2.24) is 10.2 Å². The number of hydrogen-bond acceptors (Lipinski definition) is 7. The van der Waals surface area contributed by atoms with Crippen LogP contribution in [-0.4, -0.2) is 49.4 Å². The van der Waals surface area contributed by atoms with Crippen LogP contribution >= 0.6 is 0 Å². The number of likely N-dealkylation sites (tertiary alicyclic amines) is 1. The van der Waals surface area contributed by atoms with Crippen LogP contribution in [0.4, 0.5) is 5.69 Å². The monoisotopic (exact) mass is 568 g/mol. The van der Waals surface area contributed by atoms with Crippen molar-refractivity contribution in [3.63, 3.8) is 0 Å². The molecule has 1 aliphatic rings. The molecule has 1 saturated heterocycles. The second kappa shape index (κ2) is 18.9. The smallest absolute Gasteiger partial charge is 0.268 e. The Morgan fingerprint density at radius 2 is 1.51 bits per heavy atom.